The van der Waals surface area contributed by atoms with Gasteiger partial charge in [-0.15, -0.1) is 0 Å². The smallest absolute Gasteiger partial charge is 0.305 e. The standard InChI is InChI=1S/C37H71NO3/c1-4-6-8-10-12-13-14-15-16-17-18-19-20-25-29-33-36(39)38-35(31-27-23-11-9-7-5-2)32-28-24-21-22-26-30-34-37(40)41-3/h15-16,35H,4-14,17-34H2,1-3H3,(H,38,39)/b16-15-. The van der Waals surface area contributed by atoms with Gasteiger partial charge in [0.15, 0.2) is 0 Å². The van der Waals surface area contributed by atoms with Crippen molar-refractivity contribution in [1.29, 1.82) is 0 Å². The lowest BCUT2D eigenvalue weighted by molar-refractivity contribution is -0.140. The molecule has 0 saturated heterocycles. The van der Waals surface area contributed by atoms with Crippen molar-refractivity contribution in [3.8, 4) is 0 Å². The van der Waals surface area contributed by atoms with Crippen LogP contribution in [0, 0.1) is 0 Å². The predicted octanol–water partition coefficient (Wildman–Crippen LogP) is 11.6. The first kappa shape index (κ1) is 39.7. The summed E-state index contributed by atoms with van der Waals surface area (Å²) in [6.45, 7) is 4.54. The molecule has 0 aliphatic carbocycles. The minimum absolute atomic E-state index is 0.0972. The van der Waals surface area contributed by atoms with Crippen molar-refractivity contribution >= 4 is 11.9 Å². The molecule has 0 spiro atoms. The minimum atomic E-state index is -0.0972. The van der Waals surface area contributed by atoms with E-state index in [1.165, 1.54) is 148 Å². The summed E-state index contributed by atoms with van der Waals surface area (Å²) in [5.74, 6) is 0.168. The summed E-state index contributed by atoms with van der Waals surface area (Å²) >= 11 is 0. The Labute approximate surface area is 256 Å². The highest BCUT2D eigenvalue weighted by Crippen LogP contribution is 2.16. The van der Waals surface area contributed by atoms with Gasteiger partial charge in [-0.2, -0.15) is 0 Å². The predicted molar refractivity (Wildman–Crippen MR) is 178 cm³/mol. The van der Waals surface area contributed by atoms with E-state index in [0.717, 1.165) is 32.1 Å². The Kier molecular flexibility index (Phi) is 32.1. The second-order valence-corrected chi connectivity index (χ2v) is 12.4. The summed E-state index contributed by atoms with van der Waals surface area (Å²) in [5.41, 5.74) is 0. The molecule has 1 atom stereocenters. The SMILES string of the molecule is CCCCCCCC/C=C\CCCCCCCC(=O)NC(CCCCCCCC)CCCCCCCCC(=O)OC. The number of carbonyl (C=O) groups is 2. The number of amides is 1. The molecule has 0 aromatic carbocycles. The maximum Gasteiger partial charge on any atom is 0.305 e. The number of hydrogen-bond acceptors (Lipinski definition) is 3. The van der Waals surface area contributed by atoms with E-state index >= 15 is 0 Å². The van der Waals surface area contributed by atoms with Gasteiger partial charge in [0, 0.05) is 18.9 Å². The molecule has 0 fully saturated rings. The second kappa shape index (κ2) is 33.2. The van der Waals surface area contributed by atoms with Crippen LogP contribution in [0.2, 0.25) is 0 Å². The van der Waals surface area contributed by atoms with Crippen LogP contribution in [0.3, 0.4) is 0 Å². The zero-order valence-corrected chi connectivity index (χ0v) is 28.0. The van der Waals surface area contributed by atoms with Crippen molar-refractivity contribution in [3.63, 3.8) is 0 Å². The van der Waals surface area contributed by atoms with Gasteiger partial charge in [0.25, 0.3) is 0 Å². The highest BCUT2D eigenvalue weighted by Gasteiger charge is 2.12. The lowest BCUT2D eigenvalue weighted by atomic mass is 9.99. The van der Waals surface area contributed by atoms with Gasteiger partial charge >= 0.3 is 5.97 Å². The number of methoxy groups -OCH3 is 1. The topological polar surface area (TPSA) is 55.4 Å². The van der Waals surface area contributed by atoms with E-state index in [2.05, 4.69) is 31.3 Å². The largest absolute Gasteiger partial charge is 0.469 e. The Morgan fingerprint density at radius 2 is 0.927 bits per heavy atom. The Hall–Kier alpha value is -1.32. The van der Waals surface area contributed by atoms with E-state index in [9.17, 15) is 9.59 Å². The van der Waals surface area contributed by atoms with Gasteiger partial charge in [0.2, 0.25) is 5.91 Å². The van der Waals surface area contributed by atoms with E-state index in [0.29, 0.717) is 18.9 Å². The van der Waals surface area contributed by atoms with E-state index < -0.39 is 0 Å². The Morgan fingerprint density at radius 3 is 1.39 bits per heavy atom. The van der Waals surface area contributed by atoms with E-state index in [1.807, 2.05) is 0 Å². The third-order valence-corrected chi connectivity index (χ3v) is 8.35. The lowest BCUT2D eigenvalue weighted by Crippen LogP contribution is -2.34. The molecule has 0 rings (SSSR count). The van der Waals surface area contributed by atoms with Crippen LogP contribution in [0.15, 0.2) is 12.2 Å². The number of hydrogen-bond donors (Lipinski definition) is 1. The van der Waals surface area contributed by atoms with Gasteiger partial charge in [-0.1, -0.05) is 148 Å². The maximum atomic E-state index is 12.7. The average molecular weight is 578 g/mol. The van der Waals surface area contributed by atoms with Crippen LogP contribution in [0.4, 0.5) is 0 Å². The number of rotatable bonds is 32. The van der Waals surface area contributed by atoms with Crippen molar-refractivity contribution in [3.05, 3.63) is 12.2 Å². The molecule has 0 aliphatic heterocycles. The normalized spacial score (nSPS) is 12.2. The molecule has 0 saturated carbocycles. The summed E-state index contributed by atoms with van der Waals surface area (Å²) in [5, 5.41) is 3.40. The monoisotopic (exact) mass is 578 g/mol. The first-order chi connectivity index (χ1) is 20.1. The van der Waals surface area contributed by atoms with Crippen LogP contribution >= 0.6 is 0 Å². The van der Waals surface area contributed by atoms with Crippen molar-refractivity contribution in [2.45, 2.75) is 206 Å². The molecule has 0 aliphatic rings. The molecule has 0 aromatic rings. The number of nitrogens with one attached hydrogen (secondary N) is 1. The highest BCUT2D eigenvalue weighted by atomic mass is 16.5. The van der Waals surface area contributed by atoms with Crippen molar-refractivity contribution in [1.82, 2.24) is 5.32 Å². The zero-order chi connectivity index (χ0) is 30.1. The molecule has 1 unspecified atom stereocenters. The molecule has 4 heteroatoms. The Bertz CT molecular complexity index is 589. The van der Waals surface area contributed by atoms with Crippen LogP contribution in [-0.2, 0) is 14.3 Å². The first-order valence-electron chi connectivity index (χ1n) is 18.1. The van der Waals surface area contributed by atoms with Gasteiger partial charge in [-0.25, -0.2) is 0 Å². The first-order valence-corrected chi connectivity index (χ1v) is 18.1. The number of unbranched alkanes of at least 4 members (excludes halogenated alkanes) is 21. The van der Waals surface area contributed by atoms with E-state index in [-0.39, 0.29) is 11.9 Å². The number of esters is 1. The molecule has 0 heterocycles. The number of allylic oxidation sites excluding steroid dienone is 2. The van der Waals surface area contributed by atoms with Crippen LogP contribution in [0.1, 0.15) is 200 Å². The minimum Gasteiger partial charge on any atom is -0.469 e. The van der Waals surface area contributed by atoms with Crippen molar-refractivity contribution in [2.24, 2.45) is 0 Å². The summed E-state index contributed by atoms with van der Waals surface area (Å²) in [6.07, 6.45) is 39.6. The molecule has 1 N–H and O–H groups in total. The molecule has 41 heavy (non-hydrogen) atoms. The molecule has 242 valence electrons. The highest BCUT2D eigenvalue weighted by molar-refractivity contribution is 5.76. The van der Waals surface area contributed by atoms with Crippen LogP contribution in [0.5, 0.6) is 0 Å². The van der Waals surface area contributed by atoms with Gasteiger partial charge in [-0.05, 0) is 51.4 Å². The summed E-state index contributed by atoms with van der Waals surface area (Å²) in [6, 6.07) is 0.344. The van der Waals surface area contributed by atoms with Crippen LogP contribution in [0.25, 0.3) is 0 Å². The van der Waals surface area contributed by atoms with Gasteiger partial charge in [0.05, 0.1) is 7.11 Å². The summed E-state index contributed by atoms with van der Waals surface area (Å²) in [4.78, 5) is 23.9. The lowest BCUT2D eigenvalue weighted by Gasteiger charge is -2.19. The quantitative estimate of drug-likeness (QED) is 0.0491. The average Bonchev–Trinajstić information content (AvgIpc) is 2.97. The molecular formula is C37H71NO3. The van der Waals surface area contributed by atoms with E-state index in [1.54, 1.807) is 0 Å². The molecule has 4 nitrogen and oxygen atoms in total. The maximum absolute atomic E-state index is 12.7. The van der Waals surface area contributed by atoms with Gasteiger partial charge in [0.1, 0.15) is 0 Å². The van der Waals surface area contributed by atoms with Crippen molar-refractivity contribution < 1.29 is 14.3 Å². The summed E-state index contributed by atoms with van der Waals surface area (Å²) in [7, 11) is 1.46. The molecule has 0 bridgehead atoms. The molecule has 1 amide bonds. The Balaban J connectivity index is 3.95. The van der Waals surface area contributed by atoms with Crippen LogP contribution in [-0.4, -0.2) is 25.0 Å². The fourth-order valence-corrected chi connectivity index (χ4v) is 5.59. The fourth-order valence-electron chi connectivity index (χ4n) is 5.59. The van der Waals surface area contributed by atoms with E-state index in [4.69, 9.17) is 4.74 Å². The number of carbonyl (C=O) groups excluding carboxylic acids is 2. The second-order valence-electron chi connectivity index (χ2n) is 12.4. The fraction of sp³-hybridized carbons (Fsp3) is 0.892. The summed E-state index contributed by atoms with van der Waals surface area (Å²) < 4.78 is 4.71. The third-order valence-electron chi connectivity index (χ3n) is 8.35. The molecule has 0 aromatic heterocycles. The molecule has 0 radical (unpaired) electrons. The zero-order valence-electron chi connectivity index (χ0n) is 28.0. The van der Waals surface area contributed by atoms with Crippen molar-refractivity contribution in [2.75, 3.05) is 7.11 Å². The Morgan fingerprint density at radius 1 is 0.537 bits per heavy atom. The van der Waals surface area contributed by atoms with Gasteiger partial charge < -0.3 is 10.1 Å². The third kappa shape index (κ3) is 31.4. The number of ether oxygens (including phenoxy) is 1. The molecular weight excluding hydrogens is 506 g/mol. The van der Waals surface area contributed by atoms with Gasteiger partial charge in [-0.3, -0.25) is 9.59 Å². The van der Waals surface area contributed by atoms with Crippen LogP contribution < -0.4 is 5.32 Å².